The smallest absolute Gasteiger partial charge is 0.252 e. The zero-order chi connectivity index (χ0) is 18.3. The highest BCUT2D eigenvalue weighted by atomic mass is 19.2. The average molecular weight is 359 g/mol. The van der Waals surface area contributed by atoms with Crippen LogP contribution >= 0.6 is 0 Å². The zero-order valence-corrected chi connectivity index (χ0v) is 13.7. The molecule has 0 atom stereocenters. The number of aromatic nitrogens is 4. The third kappa shape index (κ3) is 2.86. The molecule has 9 heteroatoms. The molecular weight excluding hydrogens is 344 g/mol. The molecule has 0 spiro atoms. The Labute approximate surface area is 146 Å². The summed E-state index contributed by atoms with van der Waals surface area (Å²) in [6, 6.07) is 2.44. The minimum atomic E-state index is -0.992. The van der Waals surface area contributed by atoms with Crippen molar-refractivity contribution in [2.75, 3.05) is 24.8 Å². The van der Waals surface area contributed by atoms with Gasteiger partial charge in [0.2, 0.25) is 0 Å². The first-order valence-electron chi connectivity index (χ1n) is 7.97. The lowest BCUT2D eigenvalue weighted by Gasteiger charge is -2.14. The van der Waals surface area contributed by atoms with Gasteiger partial charge < -0.3 is 19.6 Å². The molecule has 0 unspecified atom stereocenters. The summed E-state index contributed by atoms with van der Waals surface area (Å²) in [7, 11) is 0. The molecule has 0 amide bonds. The van der Waals surface area contributed by atoms with Crippen LogP contribution in [0.1, 0.15) is 17.2 Å². The lowest BCUT2D eigenvalue weighted by molar-refractivity contribution is 0.201. The van der Waals surface area contributed by atoms with E-state index < -0.39 is 11.6 Å². The van der Waals surface area contributed by atoms with Gasteiger partial charge in [-0.3, -0.25) is 4.79 Å². The van der Waals surface area contributed by atoms with Crippen molar-refractivity contribution in [1.82, 2.24) is 19.9 Å². The van der Waals surface area contributed by atoms with Crippen LogP contribution in [-0.2, 0) is 11.2 Å². The maximum absolute atomic E-state index is 13.9. The van der Waals surface area contributed by atoms with E-state index in [2.05, 4.69) is 26.5 Å². The Balaban J connectivity index is 1.71. The Morgan fingerprint density at radius 1 is 1.27 bits per heavy atom. The fourth-order valence-electron chi connectivity index (χ4n) is 2.93. The maximum atomic E-state index is 13.9. The van der Waals surface area contributed by atoms with Gasteiger partial charge in [-0.15, -0.1) is 0 Å². The highest BCUT2D eigenvalue weighted by Gasteiger charge is 2.18. The molecule has 1 aliphatic heterocycles. The maximum Gasteiger partial charge on any atom is 0.252 e. The number of aromatic amines is 2. The number of rotatable bonds is 4. The number of hydrogen-bond acceptors (Lipinski definition) is 5. The number of ether oxygens (including phenoxy) is 1. The fraction of sp³-hybridized carbons (Fsp3) is 0.235. The number of halogens is 2. The van der Waals surface area contributed by atoms with Crippen molar-refractivity contribution >= 4 is 22.9 Å². The Morgan fingerprint density at radius 3 is 2.81 bits per heavy atom. The third-order valence-corrected chi connectivity index (χ3v) is 4.15. The summed E-state index contributed by atoms with van der Waals surface area (Å²) in [5.41, 5.74) is 0.324. The minimum absolute atomic E-state index is 0.00748. The zero-order valence-electron chi connectivity index (χ0n) is 13.7. The summed E-state index contributed by atoms with van der Waals surface area (Å²) < 4.78 is 32.8. The molecule has 1 saturated heterocycles. The molecule has 26 heavy (non-hydrogen) atoms. The van der Waals surface area contributed by atoms with Crippen molar-refractivity contribution in [3.8, 4) is 0 Å². The molecule has 1 fully saturated rings. The van der Waals surface area contributed by atoms with E-state index in [1.165, 1.54) is 12.1 Å². The second-order valence-corrected chi connectivity index (χ2v) is 5.90. The van der Waals surface area contributed by atoms with Crippen molar-refractivity contribution in [3.05, 3.63) is 57.9 Å². The van der Waals surface area contributed by atoms with Gasteiger partial charge in [0.25, 0.3) is 5.56 Å². The molecule has 3 heterocycles. The number of imidazole rings is 1. The molecule has 2 aromatic heterocycles. The van der Waals surface area contributed by atoms with Crippen LogP contribution < -0.4 is 10.5 Å². The number of H-pyrrole nitrogens is 2. The van der Waals surface area contributed by atoms with E-state index in [0.29, 0.717) is 42.9 Å². The fourth-order valence-corrected chi connectivity index (χ4v) is 2.93. The quantitative estimate of drug-likeness (QED) is 0.744. The number of fused-ring (bicyclic) bond motifs is 1. The summed E-state index contributed by atoms with van der Waals surface area (Å²) in [6.07, 6.45) is 1.39. The lowest BCUT2D eigenvalue weighted by atomic mass is 10.1. The third-order valence-electron chi connectivity index (χ3n) is 4.15. The second kappa shape index (κ2) is 6.34. The number of nitrogens with zero attached hydrogens (tertiary/aromatic N) is 3. The molecule has 0 radical (unpaired) electrons. The van der Waals surface area contributed by atoms with Gasteiger partial charge in [0.1, 0.15) is 24.2 Å². The molecule has 134 valence electrons. The van der Waals surface area contributed by atoms with E-state index in [9.17, 15) is 13.6 Å². The van der Waals surface area contributed by atoms with Gasteiger partial charge in [-0.25, -0.2) is 18.7 Å². The van der Waals surface area contributed by atoms with Crippen LogP contribution in [0.3, 0.4) is 0 Å². The lowest BCUT2D eigenvalue weighted by Crippen LogP contribution is -2.23. The Bertz CT molecular complexity index is 1050. The van der Waals surface area contributed by atoms with Crippen LogP contribution in [0.2, 0.25) is 0 Å². The van der Waals surface area contributed by atoms with E-state index in [4.69, 9.17) is 4.74 Å². The molecule has 0 bridgehead atoms. The van der Waals surface area contributed by atoms with Crippen LogP contribution in [0.4, 0.5) is 14.6 Å². The van der Waals surface area contributed by atoms with Gasteiger partial charge in [0, 0.05) is 24.2 Å². The van der Waals surface area contributed by atoms with E-state index in [1.54, 1.807) is 0 Å². The highest BCUT2D eigenvalue weighted by molar-refractivity contribution is 5.85. The predicted octanol–water partition coefficient (Wildman–Crippen LogP) is 1.95. The molecule has 2 N–H and O–H groups in total. The largest absolute Gasteiger partial charge is 0.359 e. The van der Waals surface area contributed by atoms with Crippen molar-refractivity contribution in [1.29, 1.82) is 0 Å². The highest BCUT2D eigenvalue weighted by Crippen LogP contribution is 2.24. The summed E-state index contributed by atoms with van der Waals surface area (Å²) in [6.45, 7) is 5.12. The molecule has 0 saturated carbocycles. The van der Waals surface area contributed by atoms with Crippen LogP contribution in [0, 0.1) is 11.6 Å². The SMILES string of the molecule is C=Cc1c(F)c(F)cc2[nH]c(Cc3nc(N4CCOC4)cc(=O)[nH]3)nc12. The predicted molar refractivity (Wildman–Crippen MR) is 91.9 cm³/mol. The number of nitrogens with one attached hydrogen (secondary N) is 2. The van der Waals surface area contributed by atoms with Crippen molar-refractivity contribution in [2.45, 2.75) is 6.42 Å². The second-order valence-electron chi connectivity index (χ2n) is 5.90. The Morgan fingerprint density at radius 2 is 2.08 bits per heavy atom. The monoisotopic (exact) mass is 359 g/mol. The summed E-state index contributed by atoms with van der Waals surface area (Å²) >= 11 is 0. The van der Waals surface area contributed by atoms with Crippen molar-refractivity contribution in [3.63, 3.8) is 0 Å². The molecule has 1 aromatic carbocycles. The summed E-state index contributed by atoms with van der Waals surface area (Å²) in [5.74, 6) is -0.648. The first-order valence-corrected chi connectivity index (χ1v) is 7.97. The van der Waals surface area contributed by atoms with Crippen molar-refractivity contribution < 1.29 is 13.5 Å². The summed E-state index contributed by atoms with van der Waals surface area (Å²) in [4.78, 5) is 28.1. The van der Waals surface area contributed by atoms with Gasteiger partial charge in [-0.05, 0) is 0 Å². The number of hydrogen-bond donors (Lipinski definition) is 2. The normalized spacial score (nSPS) is 14.3. The molecular formula is C17H15F2N5O2. The average Bonchev–Trinajstić information content (AvgIpc) is 3.25. The van der Waals surface area contributed by atoms with E-state index >= 15 is 0 Å². The van der Waals surface area contributed by atoms with E-state index in [0.717, 1.165) is 6.07 Å². The number of anilines is 1. The molecule has 4 rings (SSSR count). The number of benzene rings is 1. The van der Waals surface area contributed by atoms with E-state index in [-0.39, 0.29) is 23.1 Å². The van der Waals surface area contributed by atoms with Gasteiger partial charge in [0.15, 0.2) is 11.6 Å². The van der Waals surface area contributed by atoms with Crippen molar-refractivity contribution in [2.24, 2.45) is 0 Å². The Hall–Kier alpha value is -3.07. The van der Waals surface area contributed by atoms with Crippen LogP contribution in [0.15, 0.2) is 23.5 Å². The van der Waals surface area contributed by atoms with Crippen LogP contribution in [0.25, 0.3) is 17.1 Å². The van der Waals surface area contributed by atoms with Gasteiger partial charge >= 0.3 is 0 Å². The van der Waals surface area contributed by atoms with Gasteiger partial charge in [0.05, 0.1) is 24.1 Å². The van der Waals surface area contributed by atoms with Crippen LogP contribution in [-0.4, -0.2) is 39.8 Å². The molecule has 7 nitrogen and oxygen atoms in total. The minimum Gasteiger partial charge on any atom is -0.359 e. The summed E-state index contributed by atoms with van der Waals surface area (Å²) in [5, 5.41) is 0. The Kier molecular flexibility index (Phi) is 4.00. The molecule has 1 aliphatic rings. The standard InChI is InChI=1S/C17H15F2N5O2/c1-2-9-16(19)10(18)5-11-17(9)23-12(20-11)6-13-21-14(7-15(25)22-13)24-3-4-26-8-24/h2,5,7H,1,3-4,6,8H2,(H,20,23)(H,21,22,25). The van der Waals surface area contributed by atoms with E-state index in [1.807, 2.05) is 4.90 Å². The topological polar surface area (TPSA) is 86.9 Å². The molecule has 0 aliphatic carbocycles. The van der Waals surface area contributed by atoms with Gasteiger partial charge in [-0.2, -0.15) is 0 Å². The first kappa shape index (κ1) is 16.4. The van der Waals surface area contributed by atoms with Crippen LogP contribution in [0.5, 0.6) is 0 Å². The molecule has 3 aromatic rings. The first-order chi connectivity index (χ1) is 12.5. The van der Waals surface area contributed by atoms with Gasteiger partial charge in [-0.1, -0.05) is 12.7 Å².